The minimum atomic E-state index is -1.69. The van der Waals surface area contributed by atoms with Gasteiger partial charge in [0.2, 0.25) is 6.04 Å². The molecule has 16 heavy (non-hydrogen) atoms. The summed E-state index contributed by atoms with van der Waals surface area (Å²) < 4.78 is 17.1. The summed E-state index contributed by atoms with van der Waals surface area (Å²) in [6.07, 6.45) is 0. The fourth-order valence-corrected chi connectivity index (χ4v) is 0.926. The van der Waals surface area contributed by atoms with E-state index in [1.807, 2.05) is 0 Å². The minimum absolute atomic E-state index is 0.139. The first-order chi connectivity index (χ1) is 7.50. The summed E-state index contributed by atoms with van der Waals surface area (Å²) >= 11 is 0. The van der Waals surface area contributed by atoms with Crippen LogP contribution < -0.4 is 5.73 Å². The Morgan fingerprint density at radius 1 is 1.38 bits per heavy atom. The van der Waals surface area contributed by atoms with Crippen LogP contribution in [0.5, 0.6) is 0 Å². The zero-order valence-corrected chi connectivity index (χ0v) is 8.22. The predicted octanol–water partition coefficient (Wildman–Crippen LogP) is 0.281. The number of benzene rings is 1. The highest BCUT2D eigenvalue weighted by Crippen LogP contribution is 2.04. The molecule has 0 aliphatic carbocycles. The summed E-state index contributed by atoms with van der Waals surface area (Å²) in [7, 11) is 0. The second-order valence-corrected chi connectivity index (χ2v) is 3.05. The van der Waals surface area contributed by atoms with Crippen LogP contribution >= 0.6 is 0 Å². The zero-order valence-electron chi connectivity index (χ0n) is 8.22. The van der Waals surface area contributed by atoms with E-state index < -0.39 is 23.8 Å². The van der Waals surface area contributed by atoms with E-state index in [1.165, 1.54) is 24.3 Å². The van der Waals surface area contributed by atoms with Crippen LogP contribution in [0.3, 0.4) is 0 Å². The molecule has 5 nitrogen and oxygen atoms in total. The predicted molar refractivity (Wildman–Crippen MR) is 51.8 cm³/mol. The van der Waals surface area contributed by atoms with Crippen LogP contribution in [-0.2, 0) is 20.9 Å². The van der Waals surface area contributed by atoms with E-state index in [0.717, 1.165) is 0 Å². The van der Waals surface area contributed by atoms with Crippen molar-refractivity contribution < 1.29 is 23.8 Å². The fourth-order valence-electron chi connectivity index (χ4n) is 0.926. The molecule has 3 N–H and O–H groups in total. The van der Waals surface area contributed by atoms with Gasteiger partial charge in [0.05, 0.1) is 0 Å². The summed E-state index contributed by atoms with van der Waals surface area (Å²) in [5.74, 6) is -2.89. The SMILES string of the molecule is N[C@@H](C(=O)O)C(=O)OCc1ccc(F)cc1. The number of hydrogen-bond acceptors (Lipinski definition) is 4. The molecule has 0 radical (unpaired) electrons. The molecule has 1 atom stereocenters. The lowest BCUT2D eigenvalue weighted by Crippen LogP contribution is -2.39. The topological polar surface area (TPSA) is 89.6 Å². The van der Waals surface area contributed by atoms with Crippen LogP contribution in [0.1, 0.15) is 5.56 Å². The second kappa shape index (κ2) is 5.22. The number of carboxylic acid groups (broad SMARTS) is 1. The monoisotopic (exact) mass is 227 g/mol. The van der Waals surface area contributed by atoms with Gasteiger partial charge in [0, 0.05) is 0 Å². The van der Waals surface area contributed by atoms with E-state index in [2.05, 4.69) is 4.74 Å². The summed E-state index contributed by atoms with van der Waals surface area (Å²) in [4.78, 5) is 21.3. The van der Waals surface area contributed by atoms with Gasteiger partial charge >= 0.3 is 11.9 Å². The molecule has 6 heteroatoms. The number of aliphatic carboxylic acids is 1. The first kappa shape index (κ1) is 12.1. The van der Waals surface area contributed by atoms with Crippen molar-refractivity contribution in [1.29, 1.82) is 0 Å². The summed E-state index contributed by atoms with van der Waals surface area (Å²) in [6.45, 7) is -0.139. The number of ether oxygens (including phenoxy) is 1. The maximum absolute atomic E-state index is 12.5. The smallest absolute Gasteiger partial charge is 0.334 e. The van der Waals surface area contributed by atoms with Gasteiger partial charge in [-0.25, -0.2) is 14.0 Å². The lowest BCUT2D eigenvalue weighted by molar-refractivity contribution is -0.154. The molecule has 0 spiro atoms. The molecule has 0 unspecified atom stereocenters. The molecular formula is C10H10FNO4. The first-order valence-electron chi connectivity index (χ1n) is 4.40. The summed E-state index contributed by atoms with van der Waals surface area (Å²) in [5.41, 5.74) is 5.56. The first-order valence-corrected chi connectivity index (χ1v) is 4.40. The summed E-state index contributed by atoms with van der Waals surface area (Å²) in [6, 6.07) is 3.57. The van der Waals surface area contributed by atoms with Crippen molar-refractivity contribution in [3.8, 4) is 0 Å². The van der Waals surface area contributed by atoms with Gasteiger partial charge in [0.1, 0.15) is 12.4 Å². The number of hydrogen-bond donors (Lipinski definition) is 2. The Bertz CT molecular complexity index is 390. The van der Waals surface area contributed by atoms with Crippen molar-refractivity contribution in [2.45, 2.75) is 12.6 Å². The summed E-state index contributed by atoms with van der Waals surface area (Å²) in [5, 5.41) is 8.41. The molecule has 0 amide bonds. The van der Waals surface area contributed by atoms with Crippen LogP contribution in [-0.4, -0.2) is 23.1 Å². The molecule has 1 aromatic rings. The third kappa shape index (κ3) is 3.32. The second-order valence-electron chi connectivity index (χ2n) is 3.05. The average molecular weight is 227 g/mol. The lowest BCUT2D eigenvalue weighted by atomic mass is 10.2. The largest absolute Gasteiger partial charge is 0.480 e. The molecule has 0 saturated heterocycles. The number of carbonyl (C=O) groups is 2. The quantitative estimate of drug-likeness (QED) is 0.569. The number of carboxylic acids is 1. The standard InChI is InChI=1S/C10H10FNO4/c11-7-3-1-6(2-4-7)5-16-10(15)8(12)9(13)14/h1-4,8H,5,12H2,(H,13,14)/t8-/m0/s1. The highest BCUT2D eigenvalue weighted by Gasteiger charge is 2.22. The van der Waals surface area contributed by atoms with Crippen molar-refractivity contribution in [2.75, 3.05) is 0 Å². The third-order valence-corrected chi connectivity index (χ3v) is 1.81. The number of esters is 1. The van der Waals surface area contributed by atoms with Crippen LogP contribution in [0.4, 0.5) is 4.39 Å². The van der Waals surface area contributed by atoms with Crippen molar-refractivity contribution >= 4 is 11.9 Å². The molecule has 0 aromatic heterocycles. The Hall–Kier alpha value is -1.95. The molecule has 0 aliphatic rings. The Morgan fingerprint density at radius 3 is 2.44 bits per heavy atom. The molecular weight excluding hydrogens is 217 g/mol. The molecule has 0 bridgehead atoms. The Morgan fingerprint density at radius 2 is 1.94 bits per heavy atom. The average Bonchev–Trinajstić information content (AvgIpc) is 2.26. The molecule has 0 fully saturated rings. The van der Waals surface area contributed by atoms with Crippen LogP contribution in [0, 0.1) is 5.82 Å². The Labute approximate surface area is 90.6 Å². The molecule has 0 aliphatic heterocycles. The van der Waals surface area contributed by atoms with Gasteiger partial charge in [0.25, 0.3) is 0 Å². The number of carbonyl (C=O) groups excluding carboxylic acids is 1. The van der Waals surface area contributed by atoms with Gasteiger partial charge < -0.3 is 15.6 Å². The van der Waals surface area contributed by atoms with E-state index in [1.54, 1.807) is 0 Å². The normalized spacial score (nSPS) is 11.9. The van der Waals surface area contributed by atoms with Crippen LogP contribution in [0.15, 0.2) is 24.3 Å². The molecule has 86 valence electrons. The van der Waals surface area contributed by atoms with E-state index in [4.69, 9.17) is 10.8 Å². The maximum atomic E-state index is 12.5. The number of halogens is 1. The van der Waals surface area contributed by atoms with Crippen LogP contribution in [0.25, 0.3) is 0 Å². The number of nitrogens with two attached hydrogens (primary N) is 1. The van der Waals surface area contributed by atoms with Gasteiger partial charge in [-0.3, -0.25) is 0 Å². The van der Waals surface area contributed by atoms with Crippen LogP contribution in [0.2, 0.25) is 0 Å². The van der Waals surface area contributed by atoms with E-state index in [9.17, 15) is 14.0 Å². The minimum Gasteiger partial charge on any atom is -0.480 e. The molecule has 1 rings (SSSR count). The van der Waals surface area contributed by atoms with Crippen molar-refractivity contribution in [3.05, 3.63) is 35.6 Å². The Balaban J connectivity index is 2.49. The van der Waals surface area contributed by atoms with Crippen molar-refractivity contribution in [1.82, 2.24) is 0 Å². The van der Waals surface area contributed by atoms with Crippen molar-refractivity contribution in [3.63, 3.8) is 0 Å². The maximum Gasteiger partial charge on any atom is 0.334 e. The van der Waals surface area contributed by atoms with E-state index in [-0.39, 0.29) is 6.61 Å². The van der Waals surface area contributed by atoms with Gasteiger partial charge in [-0.2, -0.15) is 0 Å². The molecule has 0 heterocycles. The van der Waals surface area contributed by atoms with E-state index >= 15 is 0 Å². The van der Waals surface area contributed by atoms with Gasteiger partial charge in [-0.1, -0.05) is 12.1 Å². The fraction of sp³-hybridized carbons (Fsp3) is 0.200. The zero-order chi connectivity index (χ0) is 12.1. The van der Waals surface area contributed by atoms with Gasteiger partial charge in [0.15, 0.2) is 0 Å². The van der Waals surface area contributed by atoms with Gasteiger partial charge in [-0.05, 0) is 17.7 Å². The highest BCUT2D eigenvalue weighted by atomic mass is 19.1. The molecule has 0 saturated carbocycles. The van der Waals surface area contributed by atoms with Crippen molar-refractivity contribution in [2.24, 2.45) is 5.73 Å². The van der Waals surface area contributed by atoms with E-state index in [0.29, 0.717) is 5.56 Å². The molecule has 1 aromatic carbocycles. The third-order valence-electron chi connectivity index (χ3n) is 1.81. The Kier molecular flexibility index (Phi) is 3.96. The lowest BCUT2D eigenvalue weighted by Gasteiger charge is -2.07. The van der Waals surface area contributed by atoms with Gasteiger partial charge in [-0.15, -0.1) is 0 Å². The number of rotatable bonds is 4. The highest BCUT2D eigenvalue weighted by molar-refractivity contribution is 5.97.